The highest BCUT2D eigenvalue weighted by Crippen LogP contribution is 2.12. The lowest BCUT2D eigenvalue weighted by molar-refractivity contribution is -0.122. The third kappa shape index (κ3) is 3.32. The molecular weight excluding hydrogens is 360 g/mol. The van der Waals surface area contributed by atoms with Crippen molar-refractivity contribution >= 4 is 27.8 Å². The van der Waals surface area contributed by atoms with Gasteiger partial charge in [-0.15, -0.1) is 0 Å². The van der Waals surface area contributed by atoms with E-state index in [4.69, 9.17) is 4.42 Å². The normalized spacial score (nSPS) is 12.3. The Labute approximate surface area is 159 Å². The number of hydrogen-bond donors (Lipinski definition) is 1. The van der Waals surface area contributed by atoms with Crippen molar-refractivity contribution < 1.29 is 9.21 Å². The lowest BCUT2D eigenvalue weighted by Gasteiger charge is -2.14. The largest absolute Gasteiger partial charge is 0.420 e. The van der Waals surface area contributed by atoms with Crippen molar-refractivity contribution in [3.63, 3.8) is 0 Å². The van der Waals surface area contributed by atoms with E-state index in [0.29, 0.717) is 16.5 Å². The summed E-state index contributed by atoms with van der Waals surface area (Å²) in [6.07, 6.45) is 1.56. The molecule has 4 rings (SSSR count). The number of hydrogen-bond acceptors (Lipinski definition) is 5. The van der Waals surface area contributed by atoms with E-state index >= 15 is 0 Å². The van der Waals surface area contributed by atoms with E-state index in [1.807, 2.05) is 12.1 Å². The second-order valence-electron chi connectivity index (χ2n) is 6.61. The number of fused-ring (bicyclic) bond motifs is 2. The van der Waals surface area contributed by atoms with E-state index < -0.39 is 5.76 Å². The maximum atomic E-state index is 12.5. The van der Waals surface area contributed by atoms with E-state index in [1.165, 1.54) is 4.57 Å². The molecule has 2 heterocycles. The maximum absolute atomic E-state index is 12.5. The first-order valence-corrected chi connectivity index (χ1v) is 8.85. The molecule has 142 valence electrons. The van der Waals surface area contributed by atoms with Crippen LogP contribution < -0.4 is 16.6 Å². The Morgan fingerprint density at radius 2 is 1.89 bits per heavy atom. The van der Waals surface area contributed by atoms with E-state index in [-0.39, 0.29) is 30.6 Å². The fraction of sp³-hybridized carbons (Fsp3) is 0.200. The standard InChI is InChI=1S/C20H18N4O4/c1-13(11-23-16-8-4-5-9-17(16)28-20(23)27)22-18(25)12-24-19(26)15-7-3-2-6-14(15)10-21-24/h2-10,13H,11-12H2,1H3,(H,22,25)/t13-/m1/s1. The van der Waals surface area contributed by atoms with Gasteiger partial charge >= 0.3 is 5.76 Å². The van der Waals surface area contributed by atoms with E-state index in [1.54, 1.807) is 49.5 Å². The van der Waals surface area contributed by atoms with Crippen LogP contribution in [-0.4, -0.2) is 26.3 Å². The van der Waals surface area contributed by atoms with Crippen molar-refractivity contribution in [2.75, 3.05) is 0 Å². The summed E-state index contributed by atoms with van der Waals surface area (Å²) in [6.45, 7) is 1.83. The minimum absolute atomic E-state index is 0.199. The van der Waals surface area contributed by atoms with Crippen LogP contribution in [0.2, 0.25) is 0 Å². The van der Waals surface area contributed by atoms with Gasteiger partial charge < -0.3 is 9.73 Å². The smallest absolute Gasteiger partial charge is 0.408 e. The molecule has 8 nitrogen and oxygen atoms in total. The van der Waals surface area contributed by atoms with Crippen LogP contribution in [0.1, 0.15) is 6.92 Å². The van der Waals surface area contributed by atoms with Crippen molar-refractivity contribution in [3.05, 3.63) is 75.6 Å². The second kappa shape index (κ2) is 7.15. The van der Waals surface area contributed by atoms with Crippen molar-refractivity contribution in [2.24, 2.45) is 0 Å². The predicted molar refractivity (Wildman–Crippen MR) is 104 cm³/mol. The van der Waals surface area contributed by atoms with Gasteiger partial charge in [-0.3, -0.25) is 14.2 Å². The average molecular weight is 378 g/mol. The molecule has 0 aliphatic heterocycles. The average Bonchev–Trinajstić information content (AvgIpc) is 2.99. The highest BCUT2D eigenvalue weighted by atomic mass is 16.4. The summed E-state index contributed by atoms with van der Waals surface area (Å²) < 4.78 is 7.80. The third-order valence-corrected chi connectivity index (χ3v) is 4.49. The van der Waals surface area contributed by atoms with Gasteiger partial charge in [0.05, 0.1) is 17.1 Å². The minimum Gasteiger partial charge on any atom is -0.408 e. The van der Waals surface area contributed by atoms with Gasteiger partial charge in [-0.2, -0.15) is 5.10 Å². The van der Waals surface area contributed by atoms with Crippen molar-refractivity contribution in [1.82, 2.24) is 19.7 Å². The molecule has 0 unspecified atom stereocenters. The lowest BCUT2D eigenvalue weighted by Crippen LogP contribution is -2.41. The van der Waals surface area contributed by atoms with Gasteiger partial charge in [0.1, 0.15) is 6.54 Å². The number of rotatable bonds is 5. The van der Waals surface area contributed by atoms with E-state index in [2.05, 4.69) is 10.4 Å². The van der Waals surface area contributed by atoms with Crippen LogP contribution in [0, 0.1) is 0 Å². The van der Waals surface area contributed by atoms with Gasteiger partial charge in [-0.1, -0.05) is 30.3 Å². The van der Waals surface area contributed by atoms with Crippen molar-refractivity contribution in [1.29, 1.82) is 0 Å². The van der Waals surface area contributed by atoms with Crippen LogP contribution in [0.25, 0.3) is 21.9 Å². The minimum atomic E-state index is -0.477. The molecule has 2 aromatic carbocycles. The Morgan fingerprint density at radius 3 is 2.75 bits per heavy atom. The zero-order valence-corrected chi connectivity index (χ0v) is 15.2. The van der Waals surface area contributed by atoms with Crippen LogP contribution >= 0.6 is 0 Å². The van der Waals surface area contributed by atoms with Crippen molar-refractivity contribution in [3.8, 4) is 0 Å². The topological polar surface area (TPSA) is 99.1 Å². The quantitative estimate of drug-likeness (QED) is 0.568. The molecule has 8 heteroatoms. The highest BCUT2D eigenvalue weighted by Gasteiger charge is 2.15. The Hall–Kier alpha value is -3.68. The Morgan fingerprint density at radius 1 is 1.14 bits per heavy atom. The Kier molecular flexibility index (Phi) is 4.52. The van der Waals surface area contributed by atoms with Gasteiger partial charge in [-0.05, 0) is 25.1 Å². The Balaban J connectivity index is 1.48. The summed E-state index contributed by atoms with van der Waals surface area (Å²) in [7, 11) is 0. The molecule has 1 atom stereocenters. The molecule has 0 radical (unpaired) electrons. The molecule has 0 fully saturated rings. The summed E-state index contributed by atoms with van der Waals surface area (Å²) in [4.78, 5) is 36.9. The summed E-state index contributed by atoms with van der Waals surface area (Å²) >= 11 is 0. The number of carbonyl (C=O) groups excluding carboxylic acids is 1. The number of carbonyl (C=O) groups is 1. The molecule has 0 aliphatic rings. The molecule has 1 amide bonds. The molecule has 0 bridgehead atoms. The number of nitrogens with one attached hydrogen (secondary N) is 1. The van der Waals surface area contributed by atoms with Gasteiger partial charge in [-0.25, -0.2) is 9.48 Å². The predicted octanol–water partition coefficient (Wildman–Crippen LogP) is 1.51. The second-order valence-corrected chi connectivity index (χ2v) is 6.61. The first-order chi connectivity index (χ1) is 13.5. The van der Waals surface area contributed by atoms with E-state index in [0.717, 1.165) is 10.1 Å². The molecule has 0 aliphatic carbocycles. The number of amides is 1. The molecular formula is C20H18N4O4. The van der Waals surface area contributed by atoms with Crippen LogP contribution in [0.5, 0.6) is 0 Å². The number of aromatic nitrogens is 3. The van der Waals surface area contributed by atoms with Gasteiger partial charge in [0.25, 0.3) is 5.56 Å². The number of para-hydroxylation sites is 2. The third-order valence-electron chi connectivity index (χ3n) is 4.49. The van der Waals surface area contributed by atoms with Crippen LogP contribution in [0.15, 0.2) is 68.7 Å². The molecule has 4 aromatic rings. The first-order valence-electron chi connectivity index (χ1n) is 8.85. The molecule has 0 saturated carbocycles. The summed E-state index contributed by atoms with van der Waals surface area (Å²) in [5.74, 6) is -0.840. The van der Waals surface area contributed by atoms with Crippen LogP contribution in [0.3, 0.4) is 0 Å². The lowest BCUT2D eigenvalue weighted by atomic mass is 10.2. The van der Waals surface area contributed by atoms with E-state index in [9.17, 15) is 14.4 Å². The highest BCUT2D eigenvalue weighted by molar-refractivity contribution is 5.81. The monoisotopic (exact) mass is 378 g/mol. The molecule has 1 N–H and O–H groups in total. The summed E-state index contributed by atoms with van der Waals surface area (Å²) in [5, 5.41) is 8.09. The summed E-state index contributed by atoms with van der Waals surface area (Å²) in [6, 6.07) is 13.8. The molecule has 0 spiro atoms. The first kappa shape index (κ1) is 17.7. The van der Waals surface area contributed by atoms with Gasteiger partial charge in [0.15, 0.2) is 5.58 Å². The van der Waals surface area contributed by atoms with Crippen LogP contribution in [0.4, 0.5) is 0 Å². The van der Waals surface area contributed by atoms with Crippen molar-refractivity contribution in [2.45, 2.75) is 26.1 Å². The summed E-state index contributed by atoms with van der Waals surface area (Å²) in [5.41, 5.74) is 0.844. The number of oxazole rings is 1. The number of nitrogens with zero attached hydrogens (tertiary/aromatic N) is 3. The Bertz CT molecular complexity index is 1280. The molecule has 2 aromatic heterocycles. The zero-order valence-electron chi connectivity index (χ0n) is 15.2. The SMILES string of the molecule is C[C@H](Cn1c(=O)oc2ccccc21)NC(=O)Cn1ncc2ccccc2c1=O. The van der Waals surface area contributed by atoms with Gasteiger partial charge in [0, 0.05) is 18.0 Å². The fourth-order valence-corrected chi connectivity index (χ4v) is 3.20. The maximum Gasteiger partial charge on any atom is 0.420 e. The van der Waals surface area contributed by atoms with Crippen LogP contribution in [-0.2, 0) is 17.9 Å². The zero-order chi connectivity index (χ0) is 19.7. The van der Waals surface area contributed by atoms with Gasteiger partial charge in [0.2, 0.25) is 5.91 Å². The number of benzene rings is 2. The molecule has 0 saturated heterocycles. The fourth-order valence-electron chi connectivity index (χ4n) is 3.20. The molecule has 28 heavy (non-hydrogen) atoms.